The second-order valence-corrected chi connectivity index (χ2v) is 5.45. The van der Waals surface area contributed by atoms with E-state index in [9.17, 15) is 0 Å². The van der Waals surface area contributed by atoms with Crippen molar-refractivity contribution >= 4 is 0 Å². The van der Waals surface area contributed by atoms with Crippen molar-refractivity contribution in [2.24, 2.45) is 0 Å². The smallest absolute Gasteiger partial charge is 0.0706 e. The number of nitrogens with one attached hydrogen (secondary N) is 1. The highest BCUT2D eigenvalue weighted by Gasteiger charge is 2.23. The first-order valence-electron chi connectivity index (χ1n) is 7.88. The van der Waals surface area contributed by atoms with Crippen LogP contribution in [0.2, 0.25) is 0 Å². The topological polar surface area (TPSA) is 24.5 Å². The summed E-state index contributed by atoms with van der Waals surface area (Å²) in [5.74, 6) is 0. The van der Waals surface area contributed by atoms with E-state index in [4.69, 9.17) is 4.74 Å². The average Bonchev–Trinajstić information content (AvgIpc) is 2.41. The van der Waals surface area contributed by atoms with Crippen molar-refractivity contribution < 1.29 is 4.74 Å². The monoisotopic (exact) mass is 256 g/mol. The molecule has 1 N–H and O–H groups in total. The largest absolute Gasteiger partial charge is 0.374 e. The first kappa shape index (κ1) is 15.9. The highest BCUT2D eigenvalue weighted by Crippen LogP contribution is 2.17. The number of rotatable bonds is 3. The lowest BCUT2D eigenvalue weighted by Gasteiger charge is -2.35. The van der Waals surface area contributed by atoms with Crippen LogP contribution >= 0.6 is 0 Å². The van der Waals surface area contributed by atoms with Gasteiger partial charge >= 0.3 is 0 Å². The van der Waals surface area contributed by atoms with Crippen molar-refractivity contribution in [3.05, 3.63) is 0 Å². The van der Waals surface area contributed by atoms with Crippen molar-refractivity contribution in [1.82, 2.24) is 10.2 Å². The van der Waals surface area contributed by atoms with Crippen LogP contribution in [0.1, 0.15) is 52.9 Å². The zero-order chi connectivity index (χ0) is 13.2. The molecule has 2 aliphatic rings. The van der Waals surface area contributed by atoms with Crippen LogP contribution in [-0.4, -0.2) is 49.8 Å². The predicted molar refractivity (Wildman–Crippen MR) is 78.1 cm³/mol. The van der Waals surface area contributed by atoms with Gasteiger partial charge < -0.3 is 15.0 Å². The third-order valence-electron chi connectivity index (χ3n) is 3.58. The second kappa shape index (κ2) is 9.76. The van der Waals surface area contributed by atoms with Crippen molar-refractivity contribution in [3.8, 4) is 0 Å². The summed E-state index contributed by atoms with van der Waals surface area (Å²) in [6.07, 6.45) is 7.24. The van der Waals surface area contributed by atoms with E-state index in [1.807, 2.05) is 0 Å². The van der Waals surface area contributed by atoms with Crippen LogP contribution in [0.4, 0.5) is 0 Å². The molecule has 1 atom stereocenters. The molecule has 0 aromatic rings. The Morgan fingerprint density at radius 2 is 1.72 bits per heavy atom. The molecule has 0 aromatic carbocycles. The van der Waals surface area contributed by atoms with Gasteiger partial charge in [0.15, 0.2) is 0 Å². The molecule has 1 unspecified atom stereocenters. The maximum atomic E-state index is 6.18. The van der Waals surface area contributed by atoms with Gasteiger partial charge in [0.1, 0.15) is 0 Å². The Morgan fingerprint density at radius 1 is 1.06 bits per heavy atom. The Kier molecular flexibility index (Phi) is 8.64. The van der Waals surface area contributed by atoms with Gasteiger partial charge in [-0.15, -0.1) is 0 Å². The van der Waals surface area contributed by atoms with Gasteiger partial charge in [0.25, 0.3) is 0 Å². The van der Waals surface area contributed by atoms with Crippen LogP contribution in [0.5, 0.6) is 0 Å². The second-order valence-electron chi connectivity index (χ2n) is 5.45. The molecule has 0 radical (unpaired) electrons. The fourth-order valence-electron chi connectivity index (χ4n) is 2.62. The van der Waals surface area contributed by atoms with Gasteiger partial charge in [-0.05, 0) is 51.9 Å². The van der Waals surface area contributed by atoms with Crippen molar-refractivity contribution in [1.29, 1.82) is 0 Å². The van der Waals surface area contributed by atoms with Crippen molar-refractivity contribution in [2.75, 3.05) is 32.7 Å². The number of likely N-dealkylation sites (N-methyl/N-ethyl adjacent to an activating group) is 1. The van der Waals surface area contributed by atoms with Gasteiger partial charge in [-0.1, -0.05) is 27.2 Å². The summed E-state index contributed by atoms with van der Waals surface area (Å²) >= 11 is 0. The molecule has 2 fully saturated rings. The van der Waals surface area contributed by atoms with Gasteiger partial charge in [-0.3, -0.25) is 0 Å². The standard InChI is InChI=1S/C12H24N2O.C3H8/c1-2-14-9-3-4-12(10-14)15-11-5-7-13-8-6-11;1-3-2/h11-13H,2-10H2,1H3;3H2,1-2H3. The highest BCUT2D eigenvalue weighted by atomic mass is 16.5. The predicted octanol–water partition coefficient (Wildman–Crippen LogP) is 2.66. The molecule has 2 aliphatic heterocycles. The number of hydrogen-bond donors (Lipinski definition) is 1. The molecule has 0 saturated carbocycles. The number of nitrogens with zero attached hydrogens (tertiary/aromatic N) is 1. The number of likely N-dealkylation sites (tertiary alicyclic amines) is 1. The third kappa shape index (κ3) is 6.17. The zero-order valence-corrected chi connectivity index (χ0v) is 12.6. The Bertz CT molecular complexity index is 193. The maximum absolute atomic E-state index is 6.18. The molecule has 108 valence electrons. The van der Waals surface area contributed by atoms with Crippen LogP contribution in [0.3, 0.4) is 0 Å². The molecule has 0 aromatic heterocycles. The van der Waals surface area contributed by atoms with E-state index in [-0.39, 0.29) is 0 Å². The molecule has 0 spiro atoms. The van der Waals surface area contributed by atoms with Gasteiger partial charge in [0.2, 0.25) is 0 Å². The maximum Gasteiger partial charge on any atom is 0.0706 e. The van der Waals surface area contributed by atoms with Crippen LogP contribution in [0, 0.1) is 0 Å². The van der Waals surface area contributed by atoms with E-state index < -0.39 is 0 Å². The fraction of sp³-hybridized carbons (Fsp3) is 1.00. The number of piperidine rings is 2. The van der Waals surface area contributed by atoms with Gasteiger partial charge in [-0.25, -0.2) is 0 Å². The van der Waals surface area contributed by atoms with E-state index in [0.717, 1.165) is 19.6 Å². The molecule has 0 amide bonds. The van der Waals surface area contributed by atoms with E-state index >= 15 is 0 Å². The minimum Gasteiger partial charge on any atom is -0.374 e. The molecule has 2 heterocycles. The lowest BCUT2D eigenvalue weighted by molar-refractivity contribution is -0.0572. The van der Waals surface area contributed by atoms with Crippen LogP contribution in [0.25, 0.3) is 0 Å². The summed E-state index contributed by atoms with van der Waals surface area (Å²) in [7, 11) is 0. The first-order chi connectivity index (χ1) is 8.80. The van der Waals surface area contributed by atoms with Gasteiger partial charge in [0, 0.05) is 6.54 Å². The molecule has 2 rings (SSSR count). The zero-order valence-electron chi connectivity index (χ0n) is 12.6. The normalized spacial score (nSPS) is 26.5. The average molecular weight is 256 g/mol. The quantitative estimate of drug-likeness (QED) is 0.840. The van der Waals surface area contributed by atoms with E-state index in [0.29, 0.717) is 12.2 Å². The van der Waals surface area contributed by atoms with Gasteiger partial charge in [0.05, 0.1) is 12.2 Å². The summed E-state index contributed by atoms with van der Waals surface area (Å²) in [4.78, 5) is 2.51. The van der Waals surface area contributed by atoms with Crippen molar-refractivity contribution in [2.45, 2.75) is 65.1 Å². The SMILES string of the molecule is CCC.CCN1CCCC(OC2CCNCC2)C1. The molecule has 0 bridgehead atoms. The lowest BCUT2D eigenvalue weighted by atomic mass is 10.1. The Morgan fingerprint density at radius 3 is 2.33 bits per heavy atom. The third-order valence-corrected chi connectivity index (χ3v) is 3.58. The fourth-order valence-corrected chi connectivity index (χ4v) is 2.62. The summed E-state index contributed by atoms with van der Waals surface area (Å²) in [5, 5.41) is 3.38. The molecule has 18 heavy (non-hydrogen) atoms. The minimum atomic E-state index is 0.502. The van der Waals surface area contributed by atoms with E-state index in [1.165, 1.54) is 45.2 Å². The summed E-state index contributed by atoms with van der Waals surface area (Å²) in [5.41, 5.74) is 0. The Balaban J connectivity index is 0.000000492. The van der Waals surface area contributed by atoms with Crippen molar-refractivity contribution in [3.63, 3.8) is 0 Å². The molecule has 2 saturated heterocycles. The summed E-state index contributed by atoms with van der Waals surface area (Å²) in [6, 6.07) is 0. The lowest BCUT2D eigenvalue weighted by Crippen LogP contribution is -2.43. The van der Waals surface area contributed by atoms with E-state index in [1.54, 1.807) is 0 Å². The van der Waals surface area contributed by atoms with Crippen LogP contribution < -0.4 is 5.32 Å². The molecular weight excluding hydrogens is 224 g/mol. The highest BCUT2D eigenvalue weighted by molar-refractivity contribution is 4.76. The molecular formula is C15H32N2O. The summed E-state index contributed by atoms with van der Waals surface area (Å²) < 4.78 is 6.18. The summed E-state index contributed by atoms with van der Waals surface area (Å²) in [6.45, 7) is 12.4. The molecule has 3 heteroatoms. The Labute approximate surface area is 113 Å². The Hall–Kier alpha value is -0.120. The minimum absolute atomic E-state index is 0.502. The van der Waals surface area contributed by atoms with Crippen LogP contribution in [-0.2, 0) is 4.74 Å². The number of ether oxygens (including phenoxy) is 1. The number of hydrogen-bond acceptors (Lipinski definition) is 3. The van der Waals surface area contributed by atoms with E-state index in [2.05, 4.69) is 31.0 Å². The molecule has 3 nitrogen and oxygen atoms in total. The first-order valence-corrected chi connectivity index (χ1v) is 7.88. The van der Waals surface area contributed by atoms with Gasteiger partial charge in [-0.2, -0.15) is 0 Å². The van der Waals surface area contributed by atoms with Crippen LogP contribution in [0.15, 0.2) is 0 Å². The molecule has 0 aliphatic carbocycles.